The summed E-state index contributed by atoms with van der Waals surface area (Å²) in [6.45, 7) is 0.476. The fraction of sp³-hybridized carbons (Fsp3) is 0.417. The Hall–Kier alpha value is -2.62. The lowest BCUT2D eigenvalue weighted by molar-refractivity contribution is 0.143. The fourth-order valence-electron chi connectivity index (χ4n) is 4.95. The van der Waals surface area contributed by atoms with Crippen LogP contribution in [-0.4, -0.2) is 44.5 Å². The lowest BCUT2D eigenvalue weighted by atomic mass is 9.81. The molecule has 0 radical (unpaired) electrons. The number of anilines is 1. The van der Waals surface area contributed by atoms with Crippen molar-refractivity contribution in [2.75, 3.05) is 24.9 Å². The molecule has 1 aromatic carbocycles. The molecule has 34 heavy (non-hydrogen) atoms. The van der Waals surface area contributed by atoms with Gasteiger partial charge in [-0.25, -0.2) is 0 Å². The van der Waals surface area contributed by atoms with Gasteiger partial charge in [-0.3, -0.25) is 4.31 Å². The summed E-state index contributed by atoms with van der Waals surface area (Å²) >= 11 is 6.85. The molecule has 2 aliphatic heterocycles. The predicted octanol–water partition coefficient (Wildman–Crippen LogP) is 3.26. The van der Waals surface area contributed by atoms with Gasteiger partial charge in [0.15, 0.2) is 0 Å². The van der Waals surface area contributed by atoms with Crippen LogP contribution in [0.25, 0.3) is 11.8 Å². The molecule has 0 saturated heterocycles. The molecule has 8 nitrogen and oxygen atoms in total. The van der Waals surface area contributed by atoms with E-state index in [4.69, 9.17) is 16.3 Å². The van der Waals surface area contributed by atoms with Crippen molar-refractivity contribution >= 4 is 39.3 Å². The van der Waals surface area contributed by atoms with Gasteiger partial charge in [-0.15, -0.1) is 0 Å². The number of ether oxygens (including phenoxy) is 1. The van der Waals surface area contributed by atoms with Gasteiger partial charge in [0.1, 0.15) is 5.75 Å². The molecule has 1 aromatic heterocycles. The lowest BCUT2D eigenvalue weighted by Crippen LogP contribution is -2.42. The highest BCUT2D eigenvalue weighted by Gasteiger charge is 2.34. The number of hydrogen-bond donors (Lipinski definition) is 1. The molecule has 0 atom stereocenters. The third-order valence-corrected chi connectivity index (χ3v) is 8.85. The molecular weight excluding hydrogens is 474 g/mol. The molecule has 0 unspecified atom stereocenters. The smallest absolute Gasteiger partial charge is 0.303 e. The van der Waals surface area contributed by atoms with Gasteiger partial charge in [-0.1, -0.05) is 29.8 Å². The summed E-state index contributed by atoms with van der Waals surface area (Å²) in [5, 5.41) is 10.3. The Bertz CT molecular complexity index is 1360. The number of para-hydroxylation sites is 1. The molecule has 180 valence electrons. The first-order valence-corrected chi connectivity index (χ1v) is 13.2. The number of azo groups is 1. The summed E-state index contributed by atoms with van der Waals surface area (Å²) in [6, 6.07) is 9.89. The topological polar surface area (TPSA) is 90.4 Å². The van der Waals surface area contributed by atoms with Crippen molar-refractivity contribution in [3.8, 4) is 5.75 Å². The van der Waals surface area contributed by atoms with Gasteiger partial charge in [0.25, 0.3) is 0 Å². The van der Waals surface area contributed by atoms with Crippen molar-refractivity contribution in [2.45, 2.75) is 38.3 Å². The Morgan fingerprint density at radius 2 is 1.88 bits per heavy atom. The van der Waals surface area contributed by atoms with E-state index in [0.29, 0.717) is 17.3 Å². The molecule has 2 aromatic rings. The minimum Gasteiger partial charge on any atom is -0.490 e. The van der Waals surface area contributed by atoms with Crippen LogP contribution in [0.2, 0.25) is 0 Å². The summed E-state index contributed by atoms with van der Waals surface area (Å²) in [6.07, 6.45) is 7.21. The Morgan fingerprint density at radius 1 is 1.15 bits per heavy atom. The van der Waals surface area contributed by atoms with Crippen LogP contribution in [0.15, 0.2) is 51.7 Å². The molecular formula is C24H28ClN5O3S. The molecule has 3 aliphatic rings. The van der Waals surface area contributed by atoms with Gasteiger partial charge in [0, 0.05) is 24.7 Å². The molecule has 1 fully saturated rings. The largest absolute Gasteiger partial charge is 0.490 e. The maximum absolute atomic E-state index is 13.3. The van der Waals surface area contributed by atoms with Gasteiger partial charge in [-0.2, -0.15) is 23.0 Å². The minimum absolute atomic E-state index is 0.153. The normalized spacial score (nSPS) is 22.5. The number of aromatic amines is 1. The summed E-state index contributed by atoms with van der Waals surface area (Å²) in [5.41, 5.74) is 2.42. The number of nitrogens with zero attached hydrogens (tertiary/aromatic N) is 4. The number of allylic oxidation sites excluding steroid dienone is 1. The Labute approximate surface area is 204 Å². The first-order chi connectivity index (χ1) is 16.4. The van der Waals surface area contributed by atoms with E-state index in [-0.39, 0.29) is 18.6 Å². The van der Waals surface area contributed by atoms with Crippen LogP contribution >= 0.6 is 11.6 Å². The molecule has 3 heterocycles. The van der Waals surface area contributed by atoms with E-state index in [1.807, 2.05) is 30.3 Å². The van der Waals surface area contributed by atoms with Crippen molar-refractivity contribution in [1.29, 1.82) is 0 Å². The molecule has 1 N–H and O–H groups in total. The van der Waals surface area contributed by atoms with Crippen LogP contribution in [0, 0.1) is 5.92 Å². The van der Waals surface area contributed by atoms with Gasteiger partial charge in [0.05, 0.1) is 41.8 Å². The standard InChI is InChI=1S/C24H28ClN5O3S/c1-29(2)34(31,32)30-13-12-20(25)22(23-24(30)19-14-26-27-15-21(19)28-23)16-8-10-18(11-9-16)33-17-6-4-3-5-7-17/h3-7,12,15-16,18,28H,8-11,13-14H2,1-2H3. The highest BCUT2D eigenvalue weighted by atomic mass is 35.5. The third kappa shape index (κ3) is 4.16. The van der Waals surface area contributed by atoms with E-state index >= 15 is 0 Å². The van der Waals surface area contributed by atoms with Crippen LogP contribution in [0.1, 0.15) is 31.2 Å². The second-order valence-corrected chi connectivity index (χ2v) is 11.5. The van der Waals surface area contributed by atoms with E-state index < -0.39 is 10.2 Å². The second kappa shape index (κ2) is 9.20. The van der Waals surface area contributed by atoms with Crippen LogP contribution in [-0.2, 0) is 16.8 Å². The Morgan fingerprint density at radius 3 is 2.59 bits per heavy atom. The molecule has 0 spiro atoms. The predicted molar refractivity (Wildman–Crippen MR) is 133 cm³/mol. The Kier molecular flexibility index (Phi) is 6.26. The number of aromatic nitrogens is 1. The van der Waals surface area contributed by atoms with E-state index in [0.717, 1.165) is 53.3 Å². The monoisotopic (exact) mass is 501 g/mol. The minimum atomic E-state index is -3.74. The molecule has 0 bridgehead atoms. The number of benzene rings is 1. The van der Waals surface area contributed by atoms with Crippen molar-refractivity contribution in [3.05, 3.63) is 57.7 Å². The molecule has 1 aliphatic carbocycles. The van der Waals surface area contributed by atoms with Gasteiger partial charge in [0.2, 0.25) is 0 Å². The maximum atomic E-state index is 13.3. The van der Waals surface area contributed by atoms with Gasteiger partial charge >= 0.3 is 10.2 Å². The average molecular weight is 502 g/mol. The number of rotatable bonds is 5. The van der Waals surface area contributed by atoms with E-state index in [1.54, 1.807) is 12.3 Å². The van der Waals surface area contributed by atoms with Crippen LogP contribution in [0.5, 0.6) is 5.75 Å². The molecule has 5 rings (SSSR count). The zero-order valence-corrected chi connectivity index (χ0v) is 20.8. The zero-order valence-electron chi connectivity index (χ0n) is 19.2. The van der Waals surface area contributed by atoms with Crippen LogP contribution < -0.4 is 19.7 Å². The third-order valence-electron chi connectivity index (χ3n) is 6.69. The van der Waals surface area contributed by atoms with Gasteiger partial charge < -0.3 is 9.72 Å². The summed E-state index contributed by atoms with van der Waals surface area (Å²) < 4.78 is 35.4. The van der Waals surface area contributed by atoms with Crippen LogP contribution in [0.4, 0.5) is 5.69 Å². The van der Waals surface area contributed by atoms with Crippen molar-refractivity contribution in [3.63, 3.8) is 0 Å². The number of fused-ring (bicyclic) bond motifs is 3. The highest BCUT2D eigenvalue weighted by Crippen LogP contribution is 2.38. The first-order valence-electron chi connectivity index (χ1n) is 11.5. The van der Waals surface area contributed by atoms with E-state index in [9.17, 15) is 8.42 Å². The molecule has 10 heteroatoms. The van der Waals surface area contributed by atoms with Crippen molar-refractivity contribution in [2.24, 2.45) is 16.1 Å². The summed E-state index contributed by atoms with van der Waals surface area (Å²) in [4.78, 5) is 3.44. The number of halogens is 1. The van der Waals surface area contributed by atoms with E-state index in [1.165, 1.54) is 22.7 Å². The molecule has 1 saturated carbocycles. The molecule has 0 amide bonds. The van der Waals surface area contributed by atoms with Crippen molar-refractivity contribution in [1.82, 2.24) is 9.29 Å². The number of hydrogen-bond acceptors (Lipinski definition) is 5. The van der Waals surface area contributed by atoms with E-state index in [2.05, 4.69) is 15.2 Å². The van der Waals surface area contributed by atoms with Gasteiger partial charge in [-0.05, 0) is 55.4 Å². The SMILES string of the molecule is CN(C)S(=O)(=O)N1CC=C(Cl)C(C2CCC(Oc3ccccc3)CC2)=c2[nH]c3c(c21)CN=NC=3. The zero-order chi connectivity index (χ0) is 23.9. The first kappa shape index (κ1) is 23.1. The summed E-state index contributed by atoms with van der Waals surface area (Å²) in [5.74, 6) is 1.08. The van der Waals surface area contributed by atoms with Crippen molar-refractivity contribution < 1.29 is 13.2 Å². The Balaban J connectivity index is 1.54. The lowest BCUT2D eigenvalue weighted by Gasteiger charge is -2.30. The summed E-state index contributed by atoms with van der Waals surface area (Å²) in [7, 11) is -0.664. The second-order valence-electron chi connectivity index (χ2n) is 8.98. The maximum Gasteiger partial charge on any atom is 0.303 e. The fourth-order valence-corrected chi connectivity index (χ4v) is 6.36. The highest BCUT2D eigenvalue weighted by molar-refractivity contribution is 7.90. The quantitative estimate of drug-likeness (QED) is 0.681. The number of H-pyrrole nitrogens is 1. The van der Waals surface area contributed by atoms with Crippen LogP contribution in [0.3, 0.4) is 0 Å². The average Bonchev–Trinajstić information content (AvgIpc) is 3.12. The number of nitrogens with one attached hydrogen (secondary N) is 1.